The second-order valence-electron chi connectivity index (χ2n) is 8.31. The van der Waals surface area contributed by atoms with E-state index >= 15 is 0 Å². The van der Waals surface area contributed by atoms with Crippen molar-refractivity contribution in [3.05, 3.63) is 52.3 Å². The summed E-state index contributed by atoms with van der Waals surface area (Å²) >= 11 is 7.08. The number of fused-ring (bicyclic) bond motifs is 1. The van der Waals surface area contributed by atoms with Crippen LogP contribution in [0.5, 0.6) is 0 Å². The molecule has 0 saturated carbocycles. The molecule has 0 bridgehead atoms. The summed E-state index contributed by atoms with van der Waals surface area (Å²) in [6, 6.07) is 9.66. The fourth-order valence-corrected chi connectivity index (χ4v) is 7.67. The molecule has 13 heteroatoms. The first kappa shape index (κ1) is 27.0. The molecule has 1 aliphatic heterocycles. The molecule has 4 rings (SSSR count). The molecule has 1 fully saturated rings. The van der Waals surface area contributed by atoms with Crippen LogP contribution in [0.25, 0.3) is 10.2 Å². The number of benzene rings is 2. The van der Waals surface area contributed by atoms with Gasteiger partial charge in [-0.3, -0.25) is 4.79 Å². The van der Waals surface area contributed by atoms with Crippen LogP contribution in [0.15, 0.2) is 57.2 Å². The maximum absolute atomic E-state index is 13.3. The molecule has 1 aliphatic rings. The van der Waals surface area contributed by atoms with Crippen molar-refractivity contribution in [1.29, 1.82) is 0 Å². The number of carbonyl (C=O) groups is 1. The van der Waals surface area contributed by atoms with Gasteiger partial charge in [0.15, 0.2) is 14.6 Å². The summed E-state index contributed by atoms with van der Waals surface area (Å²) in [6.45, 7) is 3.38. The van der Waals surface area contributed by atoms with E-state index in [2.05, 4.69) is 4.99 Å². The predicted octanol–water partition coefficient (Wildman–Crippen LogP) is 3.08. The Kier molecular flexibility index (Phi) is 8.03. The highest BCUT2D eigenvalue weighted by molar-refractivity contribution is 7.90. The van der Waals surface area contributed by atoms with Crippen molar-refractivity contribution in [2.45, 2.75) is 42.1 Å². The molecule has 1 aromatic heterocycles. The van der Waals surface area contributed by atoms with E-state index in [0.717, 1.165) is 11.8 Å². The van der Waals surface area contributed by atoms with Crippen LogP contribution in [-0.4, -0.2) is 63.7 Å². The van der Waals surface area contributed by atoms with Crippen molar-refractivity contribution in [2.24, 2.45) is 4.99 Å². The molecular weight excluding hydrogens is 546 g/mol. The third kappa shape index (κ3) is 5.58. The van der Waals surface area contributed by atoms with Crippen LogP contribution in [0, 0.1) is 0 Å². The molecule has 1 saturated heterocycles. The van der Waals surface area contributed by atoms with Gasteiger partial charge in [0.25, 0.3) is 5.91 Å². The van der Waals surface area contributed by atoms with Gasteiger partial charge in [-0.25, -0.2) is 16.8 Å². The number of amides is 1. The van der Waals surface area contributed by atoms with Gasteiger partial charge in [0.05, 0.1) is 26.6 Å². The molecule has 2 aromatic carbocycles. The largest absolute Gasteiger partial charge is 0.380 e. The van der Waals surface area contributed by atoms with Gasteiger partial charge in [-0.15, -0.1) is 0 Å². The molecule has 36 heavy (non-hydrogen) atoms. The average molecular weight is 572 g/mol. The van der Waals surface area contributed by atoms with Crippen molar-refractivity contribution in [2.75, 3.05) is 26.0 Å². The van der Waals surface area contributed by atoms with Crippen LogP contribution in [-0.2, 0) is 35.9 Å². The Bertz CT molecular complexity index is 1560. The highest BCUT2D eigenvalue weighted by atomic mass is 35.5. The van der Waals surface area contributed by atoms with Crippen LogP contribution >= 0.6 is 22.9 Å². The Labute approximate surface area is 219 Å². The number of ether oxygens (including phenoxy) is 1. The molecule has 0 radical (unpaired) electrons. The number of hydrogen-bond donors (Lipinski definition) is 0. The SMILES string of the molecule is CCOCCn1c(=NC(=O)C2CCCN2S(=O)(=O)c2ccc(Cl)cc2)sc2cc(S(C)(=O)=O)ccc21. The Morgan fingerprint density at radius 2 is 1.83 bits per heavy atom. The van der Waals surface area contributed by atoms with Crippen molar-refractivity contribution in [3.8, 4) is 0 Å². The summed E-state index contributed by atoms with van der Waals surface area (Å²) in [5.41, 5.74) is 0.718. The molecule has 0 spiro atoms. The van der Waals surface area contributed by atoms with E-state index < -0.39 is 31.8 Å². The number of hydrogen-bond acceptors (Lipinski definition) is 7. The van der Waals surface area contributed by atoms with E-state index in [9.17, 15) is 21.6 Å². The minimum Gasteiger partial charge on any atom is -0.380 e. The molecule has 194 valence electrons. The molecule has 0 N–H and O–H groups in total. The fourth-order valence-electron chi connectivity index (χ4n) is 4.07. The lowest BCUT2D eigenvalue weighted by Crippen LogP contribution is -2.40. The Balaban J connectivity index is 1.73. The van der Waals surface area contributed by atoms with Gasteiger partial charge >= 0.3 is 0 Å². The number of halogens is 1. The zero-order chi connectivity index (χ0) is 26.1. The van der Waals surface area contributed by atoms with Crippen LogP contribution in [0.1, 0.15) is 19.8 Å². The van der Waals surface area contributed by atoms with Gasteiger partial charge in [-0.05, 0) is 62.2 Å². The first-order chi connectivity index (χ1) is 17.0. The van der Waals surface area contributed by atoms with E-state index in [1.54, 1.807) is 16.7 Å². The van der Waals surface area contributed by atoms with Gasteiger partial charge in [0.1, 0.15) is 6.04 Å². The van der Waals surface area contributed by atoms with Gasteiger partial charge < -0.3 is 9.30 Å². The zero-order valence-corrected chi connectivity index (χ0v) is 23.0. The van der Waals surface area contributed by atoms with Crippen molar-refractivity contribution in [3.63, 3.8) is 0 Å². The number of aromatic nitrogens is 1. The zero-order valence-electron chi connectivity index (χ0n) is 19.8. The average Bonchev–Trinajstić information content (AvgIpc) is 3.44. The van der Waals surface area contributed by atoms with E-state index in [1.807, 2.05) is 6.92 Å². The summed E-state index contributed by atoms with van der Waals surface area (Å²) in [4.78, 5) is 18.2. The van der Waals surface area contributed by atoms with Crippen molar-refractivity contribution < 1.29 is 26.4 Å². The highest BCUT2D eigenvalue weighted by Gasteiger charge is 2.39. The molecule has 2 heterocycles. The molecule has 1 amide bonds. The smallest absolute Gasteiger partial charge is 0.266 e. The molecule has 0 aliphatic carbocycles. The molecule has 9 nitrogen and oxygen atoms in total. The van der Waals surface area contributed by atoms with Crippen LogP contribution in [0.2, 0.25) is 5.02 Å². The number of thiazole rings is 1. The number of sulfone groups is 1. The van der Waals surface area contributed by atoms with Gasteiger partial charge in [0, 0.05) is 31.0 Å². The summed E-state index contributed by atoms with van der Waals surface area (Å²) in [7, 11) is -7.33. The first-order valence-electron chi connectivity index (χ1n) is 11.3. The fraction of sp³-hybridized carbons (Fsp3) is 0.391. The Hall–Kier alpha value is -2.09. The Morgan fingerprint density at radius 1 is 1.14 bits per heavy atom. The second-order valence-corrected chi connectivity index (χ2v) is 13.7. The van der Waals surface area contributed by atoms with Crippen LogP contribution in [0.4, 0.5) is 0 Å². The molecular formula is C23H26ClN3O6S3. The summed E-state index contributed by atoms with van der Waals surface area (Å²) in [5.74, 6) is -0.565. The lowest BCUT2D eigenvalue weighted by molar-refractivity contribution is -0.121. The highest BCUT2D eigenvalue weighted by Crippen LogP contribution is 2.28. The first-order valence-corrected chi connectivity index (χ1v) is 15.8. The number of rotatable bonds is 8. The van der Waals surface area contributed by atoms with E-state index in [1.165, 1.54) is 46.0 Å². The summed E-state index contributed by atoms with van der Waals surface area (Å²) in [6.07, 6.45) is 2.03. The van der Waals surface area contributed by atoms with Gasteiger partial charge in [0.2, 0.25) is 10.0 Å². The topological polar surface area (TPSA) is 115 Å². The lowest BCUT2D eigenvalue weighted by Gasteiger charge is -2.21. The molecule has 1 atom stereocenters. The Morgan fingerprint density at radius 3 is 2.50 bits per heavy atom. The monoisotopic (exact) mass is 571 g/mol. The van der Waals surface area contributed by atoms with E-state index in [-0.39, 0.29) is 16.3 Å². The number of nitrogens with zero attached hydrogens (tertiary/aromatic N) is 3. The van der Waals surface area contributed by atoms with E-state index in [4.69, 9.17) is 16.3 Å². The standard InChI is InChI=1S/C23H26ClN3O6S3/c1-3-33-14-13-26-19-11-10-18(35(2,29)30)15-21(19)34-23(26)25-22(28)20-5-4-12-27(20)36(31,32)17-8-6-16(24)7-9-17/h6-11,15,20H,3-5,12-14H2,1-2H3. The lowest BCUT2D eigenvalue weighted by atomic mass is 10.2. The minimum atomic E-state index is -3.91. The van der Waals surface area contributed by atoms with Gasteiger partial charge in [-0.1, -0.05) is 22.9 Å². The minimum absolute atomic E-state index is 0.0635. The normalized spacial score (nSPS) is 17.8. The third-order valence-corrected chi connectivity index (χ3v) is 10.2. The third-order valence-electron chi connectivity index (χ3n) is 5.86. The maximum atomic E-state index is 13.3. The summed E-state index contributed by atoms with van der Waals surface area (Å²) in [5, 5.41) is 0.415. The number of carbonyl (C=O) groups excluding carboxylic acids is 1. The van der Waals surface area contributed by atoms with Crippen LogP contribution < -0.4 is 4.80 Å². The van der Waals surface area contributed by atoms with Crippen LogP contribution in [0.3, 0.4) is 0 Å². The van der Waals surface area contributed by atoms with Gasteiger partial charge in [-0.2, -0.15) is 9.30 Å². The predicted molar refractivity (Wildman–Crippen MR) is 138 cm³/mol. The maximum Gasteiger partial charge on any atom is 0.266 e. The quantitative estimate of drug-likeness (QED) is 0.384. The second kappa shape index (κ2) is 10.7. The summed E-state index contributed by atoms with van der Waals surface area (Å²) < 4.78 is 59.7. The van der Waals surface area contributed by atoms with Crippen molar-refractivity contribution in [1.82, 2.24) is 8.87 Å². The van der Waals surface area contributed by atoms with E-state index in [0.29, 0.717) is 47.1 Å². The molecule has 3 aromatic rings. The van der Waals surface area contributed by atoms with Crippen molar-refractivity contribution >= 4 is 58.9 Å². The number of sulfonamides is 1. The molecule has 1 unspecified atom stereocenters.